The van der Waals surface area contributed by atoms with Gasteiger partial charge in [-0.25, -0.2) is 4.79 Å². The van der Waals surface area contributed by atoms with Crippen molar-refractivity contribution in [1.82, 2.24) is 0 Å². The van der Waals surface area contributed by atoms with E-state index in [2.05, 4.69) is 0 Å². The second-order valence-electron chi connectivity index (χ2n) is 10.7. The molecule has 4 aliphatic heterocycles. The van der Waals surface area contributed by atoms with E-state index in [4.69, 9.17) is 52.1 Å². The summed E-state index contributed by atoms with van der Waals surface area (Å²) in [6.45, 7) is 10.1. The summed E-state index contributed by atoms with van der Waals surface area (Å²) in [5.74, 6) is -5.22. The van der Waals surface area contributed by atoms with E-state index in [9.17, 15) is 19.2 Å². The predicted octanol–water partition coefficient (Wildman–Crippen LogP) is 0.0925. The normalized spacial score (nSPS) is 39.4. The van der Waals surface area contributed by atoms with Crippen LogP contribution in [-0.4, -0.2) is 111 Å². The van der Waals surface area contributed by atoms with Crippen LogP contribution in [0.25, 0.3) is 0 Å². The molecule has 0 aromatic rings. The van der Waals surface area contributed by atoms with Crippen LogP contribution in [0.3, 0.4) is 0 Å². The summed E-state index contributed by atoms with van der Waals surface area (Å²) in [7, 11) is 1.10. The number of hydrogen-bond donors (Lipinski definition) is 0. The maximum Gasteiger partial charge on any atom is 0.339 e. The number of methoxy groups -OCH3 is 1. The summed E-state index contributed by atoms with van der Waals surface area (Å²) < 4.78 is 62.9. The zero-order valence-corrected chi connectivity index (χ0v) is 23.6. The zero-order valence-electron chi connectivity index (χ0n) is 23.6. The molecular weight excluding hydrogens is 540 g/mol. The molecule has 10 atom stereocenters. The van der Waals surface area contributed by atoms with Gasteiger partial charge in [-0.1, -0.05) is 0 Å². The third kappa shape index (κ3) is 6.56. The first kappa shape index (κ1) is 30.6. The third-order valence-electron chi connectivity index (χ3n) is 6.51. The van der Waals surface area contributed by atoms with Gasteiger partial charge in [0.2, 0.25) is 0 Å². The summed E-state index contributed by atoms with van der Waals surface area (Å²) in [5.41, 5.74) is 0. The molecular formula is C25H36O15. The van der Waals surface area contributed by atoms with E-state index < -0.39 is 96.9 Å². The standard InChI is InChI=1S/C25H36O15/c1-10(26)32-15-16(33-11(2)27)19(34-12(3)28)22(36-18(15)21(29)30-8)31-9-13-14-17(38-24(4,5)37-14)20-23(35-13)40-25(6,7)39-20/h13-20,22-23H,9H2,1-8H3/t13-,14-,15-,16+,17+,18-,19+,20-,22+,23+/m0/s1. The van der Waals surface area contributed by atoms with Crippen LogP contribution >= 0.6 is 0 Å². The lowest BCUT2D eigenvalue weighted by Crippen LogP contribution is -2.64. The number of carbonyl (C=O) groups excluding carboxylic acids is 4. The number of fused-ring (bicyclic) bond motifs is 3. The summed E-state index contributed by atoms with van der Waals surface area (Å²) in [5, 5.41) is 0. The molecule has 0 spiro atoms. The van der Waals surface area contributed by atoms with Crippen molar-refractivity contribution in [3.05, 3.63) is 0 Å². The third-order valence-corrected chi connectivity index (χ3v) is 6.51. The molecule has 4 heterocycles. The van der Waals surface area contributed by atoms with E-state index >= 15 is 0 Å². The summed E-state index contributed by atoms with van der Waals surface area (Å²) >= 11 is 0. The average molecular weight is 577 g/mol. The van der Waals surface area contributed by atoms with Gasteiger partial charge in [-0.2, -0.15) is 0 Å². The van der Waals surface area contributed by atoms with Crippen LogP contribution < -0.4 is 0 Å². The fraction of sp³-hybridized carbons (Fsp3) is 0.840. The van der Waals surface area contributed by atoms with Gasteiger partial charge in [-0.3, -0.25) is 14.4 Å². The fourth-order valence-electron chi connectivity index (χ4n) is 5.23. The lowest BCUT2D eigenvalue weighted by molar-refractivity contribution is -0.314. The van der Waals surface area contributed by atoms with Crippen molar-refractivity contribution in [1.29, 1.82) is 0 Å². The van der Waals surface area contributed by atoms with Crippen molar-refractivity contribution in [3.63, 3.8) is 0 Å². The Kier molecular flexibility index (Phi) is 8.76. The van der Waals surface area contributed by atoms with Gasteiger partial charge in [0.15, 0.2) is 48.6 Å². The molecule has 0 unspecified atom stereocenters. The maximum atomic E-state index is 12.6. The molecule has 226 valence electrons. The Labute approximate surface area is 230 Å². The fourth-order valence-corrected chi connectivity index (χ4v) is 5.23. The van der Waals surface area contributed by atoms with Crippen molar-refractivity contribution in [2.45, 2.75) is 121 Å². The first-order chi connectivity index (χ1) is 18.6. The van der Waals surface area contributed by atoms with Crippen LogP contribution in [0.4, 0.5) is 0 Å². The van der Waals surface area contributed by atoms with Crippen molar-refractivity contribution in [2.24, 2.45) is 0 Å². The first-order valence-corrected chi connectivity index (χ1v) is 12.8. The van der Waals surface area contributed by atoms with Crippen molar-refractivity contribution < 1.29 is 71.3 Å². The van der Waals surface area contributed by atoms with Crippen LogP contribution in [0.1, 0.15) is 48.5 Å². The number of carbonyl (C=O) groups is 4. The van der Waals surface area contributed by atoms with Gasteiger partial charge < -0.3 is 52.1 Å². The number of ether oxygens (including phenoxy) is 11. The molecule has 0 radical (unpaired) electrons. The van der Waals surface area contributed by atoms with E-state index in [1.54, 1.807) is 27.7 Å². The summed E-state index contributed by atoms with van der Waals surface area (Å²) in [4.78, 5) is 48.5. The van der Waals surface area contributed by atoms with E-state index in [0.29, 0.717) is 0 Å². The molecule has 4 fully saturated rings. The molecule has 4 saturated heterocycles. The van der Waals surface area contributed by atoms with Gasteiger partial charge in [-0.05, 0) is 27.7 Å². The van der Waals surface area contributed by atoms with Gasteiger partial charge >= 0.3 is 23.9 Å². The number of hydrogen-bond acceptors (Lipinski definition) is 15. The van der Waals surface area contributed by atoms with Crippen LogP contribution in [-0.2, 0) is 71.3 Å². The minimum absolute atomic E-state index is 0.227. The van der Waals surface area contributed by atoms with Crippen LogP contribution in [0.5, 0.6) is 0 Å². The van der Waals surface area contributed by atoms with Crippen molar-refractivity contribution >= 4 is 23.9 Å². The average Bonchev–Trinajstić information content (AvgIpc) is 3.32. The molecule has 4 rings (SSSR count). The topological polar surface area (TPSA) is 170 Å². The first-order valence-electron chi connectivity index (χ1n) is 12.8. The van der Waals surface area contributed by atoms with Crippen LogP contribution in [0.2, 0.25) is 0 Å². The predicted molar refractivity (Wildman–Crippen MR) is 126 cm³/mol. The summed E-state index contributed by atoms with van der Waals surface area (Å²) in [6, 6.07) is 0. The Hall–Kier alpha value is -2.40. The zero-order chi connectivity index (χ0) is 29.6. The molecule has 40 heavy (non-hydrogen) atoms. The van der Waals surface area contributed by atoms with Crippen LogP contribution in [0.15, 0.2) is 0 Å². The lowest BCUT2D eigenvalue weighted by atomic mass is 9.97. The highest BCUT2D eigenvalue weighted by atomic mass is 16.9. The highest BCUT2D eigenvalue weighted by Crippen LogP contribution is 2.44. The monoisotopic (exact) mass is 576 g/mol. The second kappa shape index (κ2) is 11.5. The van der Waals surface area contributed by atoms with Crippen molar-refractivity contribution in [3.8, 4) is 0 Å². The highest BCUT2D eigenvalue weighted by molar-refractivity contribution is 5.77. The molecule has 0 aromatic heterocycles. The Bertz CT molecular complexity index is 995. The Balaban J connectivity index is 1.60. The van der Waals surface area contributed by atoms with E-state index in [-0.39, 0.29) is 6.61 Å². The minimum Gasteiger partial charge on any atom is -0.467 e. The van der Waals surface area contributed by atoms with E-state index in [1.165, 1.54) is 0 Å². The number of rotatable bonds is 7. The smallest absolute Gasteiger partial charge is 0.339 e. The van der Waals surface area contributed by atoms with Crippen molar-refractivity contribution in [2.75, 3.05) is 13.7 Å². The summed E-state index contributed by atoms with van der Waals surface area (Å²) in [6.07, 6.45) is -10.9. The molecule has 15 nitrogen and oxygen atoms in total. The molecule has 0 aliphatic carbocycles. The van der Waals surface area contributed by atoms with E-state index in [0.717, 1.165) is 27.9 Å². The Morgan fingerprint density at radius 3 is 1.80 bits per heavy atom. The Morgan fingerprint density at radius 1 is 0.675 bits per heavy atom. The van der Waals surface area contributed by atoms with Gasteiger partial charge in [-0.15, -0.1) is 0 Å². The molecule has 0 N–H and O–H groups in total. The van der Waals surface area contributed by atoms with Crippen LogP contribution in [0, 0.1) is 0 Å². The van der Waals surface area contributed by atoms with Gasteiger partial charge in [0.1, 0.15) is 24.4 Å². The van der Waals surface area contributed by atoms with E-state index in [1.807, 2.05) is 0 Å². The van der Waals surface area contributed by atoms with Gasteiger partial charge in [0.05, 0.1) is 13.7 Å². The van der Waals surface area contributed by atoms with Gasteiger partial charge in [0, 0.05) is 20.8 Å². The molecule has 0 aromatic carbocycles. The molecule has 4 aliphatic rings. The molecule has 0 amide bonds. The maximum absolute atomic E-state index is 12.6. The minimum atomic E-state index is -1.59. The second-order valence-corrected chi connectivity index (χ2v) is 10.7. The SMILES string of the molecule is COC(=O)[C@H]1O[C@@H](OC[C@@H]2O[C@@H]3OC(C)(C)O[C@H]3[C@@H]3OC(C)(C)O[C@H]32)[C@H](OC(C)=O)[C@H](OC(C)=O)[C@@H]1OC(C)=O. The molecule has 15 heteroatoms. The number of esters is 4. The van der Waals surface area contributed by atoms with Gasteiger partial charge in [0.25, 0.3) is 0 Å². The highest BCUT2D eigenvalue weighted by Gasteiger charge is 2.61. The largest absolute Gasteiger partial charge is 0.467 e. The lowest BCUT2D eigenvalue weighted by Gasteiger charge is -2.44. The quantitative estimate of drug-likeness (QED) is 0.295. The molecule has 0 bridgehead atoms. The molecule has 0 saturated carbocycles. The Morgan fingerprint density at radius 2 is 1.20 bits per heavy atom.